The third kappa shape index (κ3) is 2.41. The van der Waals surface area contributed by atoms with Gasteiger partial charge in [0.05, 0.1) is 0 Å². The highest BCUT2D eigenvalue weighted by atomic mass is 16.6. The van der Waals surface area contributed by atoms with E-state index in [4.69, 9.17) is 4.74 Å². The molecule has 1 heterocycles. The number of rotatable bonds is 1. The zero-order chi connectivity index (χ0) is 12.7. The van der Waals surface area contributed by atoms with Crippen molar-refractivity contribution in [2.24, 2.45) is 5.41 Å². The normalized spacial score (nSPS) is 40.8. The molecule has 0 spiro atoms. The summed E-state index contributed by atoms with van der Waals surface area (Å²) in [6, 6.07) is 0. The fourth-order valence-corrected chi connectivity index (χ4v) is 1.50. The molecule has 4 N–H and O–H groups in total. The number of carbonyl (C=O) groups excluding carboxylic acids is 1. The molecule has 0 aromatic heterocycles. The lowest BCUT2D eigenvalue weighted by atomic mass is 9.83. The molecule has 1 rings (SSSR count). The van der Waals surface area contributed by atoms with Crippen LogP contribution in [0, 0.1) is 5.41 Å². The molecule has 1 fully saturated rings. The zero-order valence-corrected chi connectivity index (χ0v) is 9.49. The molecule has 16 heavy (non-hydrogen) atoms. The quantitative estimate of drug-likeness (QED) is 0.435. The Balaban J connectivity index is 2.86. The van der Waals surface area contributed by atoms with E-state index in [0.29, 0.717) is 0 Å². The summed E-state index contributed by atoms with van der Waals surface area (Å²) in [6.45, 7) is 4.90. The summed E-state index contributed by atoms with van der Waals surface area (Å²) in [5.74, 6) is -0.440. The van der Waals surface area contributed by atoms with Crippen molar-refractivity contribution in [1.29, 1.82) is 0 Å². The first-order valence-electron chi connectivity index (χ1n) is 5.08. The lowest BCUT2D eigenvalue weighted by molar-refractivity contribution is -0.276. The van der Waals surface area contributed by atoms with Gasteiger partial charge in [-0.25, -0.2) is 0 Å². The molecule has 0 aliphatic carbocycles. The molecule has 0 unspecified atom stereocenters. The molecule has 0 aromatic carbocycles. The van der Waals surface area contributed by atoms with Crippen LogP contribution in [0.3, 0.4) is 0 Å². The highest BCUT2D eigenvalue weighted by Gasteiger charge is 2.48. The van der Waals surface area contributed by atoms with Crippen LogP contribution in [0.5, 0.6) is 0 Å². The van der Waals surface area contributed by atoms with E-state index in [1.807, 2.05) is 0 Å². The first-order valence-corrected chi connectivity index (χ1v) is 5.08. The molecule has 6 nitrogen and oxygen atoms in total. The maximum absolute atomic E-state index is 11.8. The maximum Gasteiger partial charge on any atom is 0.184 e. The molecule has 0 bridgehead atoms. The number of Topliss-reactive ketones (excluding diaryl/α,β-unsaturated/α-hetero) is 1. The Bertz CT molecular complexity index is 271. The Labute approximate surface area is 93.5 Å². The smallest absolute Gasteiger partial charge is 0.184 e. The first-order chi connectivity index (χ1) is 7.16. The van der Waals surface area contributed by atoms with E-state index in [0.717, 1.165) is 0 Å². The zero-order valence-electron chi connectivity index (χ0n) is 9.49. The second-order valence-electron chi connectivity index (χ2n) is 5.03. The van der Waals surface area contributed by atoms with Gasteiger partial charge in [0.25, 0.3) is 0 Å². The average Bonchev–Trinajstić information content (AvgIpc) is 2.18. The van der Waals surface area contributed by atoms with E-state index < -0.39 is 41.9 Å². The number of hydrogen-bond acceptors (Lipinski definition) is 6. The molecule has 1 aliphatic rings. The molecule has 5 atom stereocenters. The van der Waals surface area contributed by atoms with Crippen LogP contribution in [0.2, 0.25) is 0 Å². The lowest BCUT2D eigenvalue weighted by Gasteiger charge is -2.39. The van der Waals surface area contributed by atoms with Gasteiger partial charge in [-0.1, -0.05) is 20.8 Å². The van der Waals surface area contributed by atoms with Gasteiger partial charge in [-0.15, -0.1) is 0 Å². The highest BCUT2D eigenvalue weighted by Crippen LogP contribution is 2.26. The SMILES string of the molecule is CC(C)(C)C(=O)[C@H]1O[C@@H](O)[C@H](O)[C@@H](O)[C@@H]1O. The lowest BCUT2D eigenvalue weighted by Crippen LogP contribution is -2.61. The van der Waals surface area contributed by atoms with Crippen LogP contribution in [0.25, 0.3) is 0 Å². The van der Waals surface area contributed by atoms with E-state index in [1.165, 1.54) is 0 Å². The minimum absolute atomic E-state index is 0.440. The van der Waals surface area contributed by atoms with Crippen LogP contribution in [0.4, 0.5) is 0 Å². The number of aliphatic hydroxyl groups is 4. The van der Waals surface area contributed by atoms with Gasteiger partial charge < -0.3 is 25.2 Å². The molecular weight excluding hydrogens is 216 g/mol. The molecular formula is C10H18O6. The van der Waals surface area contributed by atoms with Crippen molar-refractivity contribution in [3.8, 4) is 0 Å². The van der Waals surface area contributed by atoms with Crippen molar-refractivity contribution in [3.63, 3.8) is 0 Å². The van der Waals surface area contributed by atoms with Crippen molar-refractivity contribution in [3.05, 3.63) is 0 Å². The van der Waals surface area contributed by atoms with Gasteiger partial charge in [0, 0.05) is 5.41 Å². The maximum atomic E-state index is 11.8. The monoisotopic (exact) mass is 234 g/mol. The van der Waals surface area contributed by atoms with Gasteiger partial charge in [0.2, 0.25) is 0 Å². The standard InChI is InChI=1S/C10H18O6/c1-10(2,3)8(14)7-5(12)4(11)6(13)9(15)16-7/h4-7,9,11-13,15H,1-3H3/t4-,5-,6+,7-,9+/m0/s1. The third-order valence-corrected chi connectivity index (χ3v) is 2.59. The Morgan fingerprint density at radius 1 is 1.00 bits per heavy atom. The molecule has 1 saturated heterocycles. The van der Waals surface area contributed by atoms with Gasteiger partial charge >= 0.3 is 0 Å². The van der Waals surface area contributed by atoms with Crippen LogP contribution in [0.1, 0.15) is 20.8 Å². The van der Waals surface area contributed by atoms with Gasteiger partial charge in [-0.2, -0.15) is 0 Å². The van der Waals surface area contributed by atoms with Crippen LogP contribution in [0.15, 0.2) is 0 Å². The summed E-state index contributed by atoms with van der Waals surface area (Å²) in [5, 5.41) is 37.5. The summed E-state index contributed by atoms with van der Waals surface area (Å²) in [4.78, 5) is 11.8. The van der Waals surface area contributed by atoms with Gasteiger partial charge in [0.15, 0.2) is 12.1 Å². The molecule has 0 saturated carbocycles. The fourth-order valence-electron chi connectivity index (χ4n) is 1.50. The van der Waals surface area contributed by atoms with E-state index in [2.05, 4.69) is 0 Å². The Morgan fingerprint density at radius 3 is 1.94 bits per heavy atom. The van der Waals surface area contributed by atoms with E-state index >= 15 is 0 Å². The third-order valence-electron chi connectivity index (χ3n) is 2.59. The van der Waals surface area contributed by atoms with E-state index in [-0.39, 0.29) is 0 Å². The first kappa shape index (κ1) is 13.5. The van der Waals surface area contributed by atoms with Crippen LogP contribution in [-0.2, 0) is 9.53 Å². The van der Waals surface area contributed by atoms with Gasteiger partial charge in [-0.05, 0) is 0 Å². The molecule has 0 aromatic rings. The molecule has 0 radical (unpaired) electrons. The van der Waals surface area contributed by atoms with Gasteiger partial charge in [-0.3, -0.25) is 4.79 Å². The summed E-state index contributed by atoms with van der Waals surface area (Å²) in [6.07, 6.45) is -7.74. The molecule has 6 heteroatoms. The average molecular weight is 234 g/mol. The number of aliphatic hydroxyl groups excluding tert-OH is 4. The van der Waals surface area contributed by atoms with Crippen molar-refractivity contribution < 1.29 is 30.0 Å². The molecule has 94 valence electrons. The van der Waals surface area contributed by atoms with E-state index in [9.17, 15) is 25.2 Å². The van der Waals surface area contributed by atoms with Crippen LogP contribution >= 0.6 is 0 Å². The minimum Gasteiger partial charge on any atom is -0.387 e. The predicted molar refractivity (Wildman–Crippen MR) is 53.4 cm³/mol. The number of ether oxygens (including phenoxy) is 1. The largest absolute Gasteiger partial charge is 0.387 e. The van der Waals surface area contributed by atoms with Crippen LogP contribution < -0.4 is 0 Å². The summed E-state index contributed by atoms with van der Waals surface area (Å²) in [7, 11) is 0. The predicted octanol–water partition coefficient (Wildman–Crippen LogP) is -1.60. The van der Waals surface area contributed by atoms with Crippen molar-refractivity contribution >= 4 is 5.78 Å². The molecule has 1 aliphatic heterocycles. The summed E-state index contributed by atoms with van der Waals surface area (Å²) in [5.41, 5.74) is -0.770. The van der Waals surface area contributed by atoms with Crippen molar-refractivity contribution in [2.45, 2.75) is 51.5 Å². The number of carbonyl (C=O) groups is 1. The number of ketones is 1. The molecule has 0 amide bonds. The van der Waals surface area contributed by atoms with Crippen LogP contribution in [-0.4, -0.2) is 56.9 Å². The second kappa shape index (κ2) is 4.38. The summed E-state index contributed by atoms with van der Waals surface area (Å²) >= 11 is 0. The number of hydrogen-bond donors (Lipinski definition) is 4. The fraction of sp³-hybridized carbons (Fsp3) is 0.900. The minimum atomic E-state index is -1.67. The Hall–Kier alpha value is -0.530. The highest BCUT2D eigenvalue weighted by molar-refractivity contribution is 5.88. The second-order valence-corrected chi connectivity index (χ2v) is 5.03. The van der Waals surface area contributed by atoms with Gasteiger partial charge in [0.1, 0.15) is 24.4 Å². The topological polar surface area (TPSA) is 107 Å². The Kier molecular flexibility index (Phi) is 3.71. The van der Waals surface area contributed by atoms with Crippen molar-refractivity contribution in [2.75, 3.05) is 0 Å². The van der Waals surface area contributed by atoms with E-state index in [1.54, 1.807) is 20.8 Å². The van der Waals surface area contributed by atoms with Crippen molar-refractivity contribution in [1.82, 2.24) is 0 Å². The summed E-state index contributed by atoms with van der Waals surface area (Å²) < 4.78 is 4.82. The Morgan fingerprint density at radius 2 is 1.50 bits per heavy atom.